The Morgan fingerprint density at radius 2 is 1.89 bits per heavy atom. The zero-order valence-electron chi connectivity index (χ0n) is 12.0. The van der Waals surface area contributed by atoms with Gasteiger partial charge in [-0.15, -0.1) is 0 Å². The van der Waals surface area contributed by atoms with E-state index in [9.17, 15) is 0 Å². The second-order valence-corrected chi connectivity index (χ2v) is 5.43. The number of nitrogens with zero attached hydrogens (tertiary/aromatic N) is 3. The smallest absolute Gasteiger partial charge is 0.225 e. The molecular formula is C14H24N4O. The molecule has 0 radical (unpaired) electrons. The van der Waals surface area contributed by atoms with Gasteiger partial charge in [-0.3, -0.25) is 0 Å². The quantitative estimate of drug-likeness (QED) is 0.890. The molecule has 1 aliphatic heterocycles. The van der Waals surface area contributed by atoms with Crippen molar-refractivity contribution in [2.45, 2.75) is 51.9 Å². The number of anilines is 1. The van der Waals surface area contributed by atoms with Crippen molar-refractivity contribution in [1.82, 2.24) is 9.97 Å². The third-order valence-electron chi connectivity index (χ3n) is 3.42. The van der Waals surface area contributed by atoms with Crippen LogP contribution in [0.4, 0.5) is 5.95 Å². The van der Waals surface area contributed by atoms with E-state index in [0.29, 0.717) is 0 Å². The van der Waals surface area contributed by atoms with E-state index in [0.717, 1.165) is 37.4 Å². The number of ether oxygens (including phenoxy) is 1. The van der Waals surface area contributed by atoms with Gasteiger partial charge in [-0.25, -0.2) is 9.97 Å². The molecule has 3 atom stereocenters. The molecule has 1 fully saturated rings. The maximum Gasteiger partial charge on any atom is 0.225 e. The summed E-state index contributed by atoms with van der Waals surface area (Å²) in [5.41, 5.74) is 7.04. The van der Waals surface area contributed by atoms with Gasteiger partial charge in [0.15, 0.2) is 0 Å². The van der Waals surface area contributed by atoms with Gasteiger partial charge in [0.2, 0.25) is 5.95 Å². The monoisotopic (exact) mass is 264 g/mol. The maximum absolute atomic E-state index is 5.94. The molecule has 0 bridgehead atoms. The molecular weight excluding hydrogens is 240 g/mol. The summed E-state index contributed by atoms with van der Waals surface area (Å²) in [4.78, 5) is 11.1. The van der Waals surface area contributed by atoms with E-state index in [-0.39, 0.29) is 18.2 Å². The van der Waals surface area contributed by atoms with Crippen LogP contribution in [0.5, 0.6) is 0 Å². The fourth-order valence-electron chi connectivity index (χ4n) is 2.40. The third-order valence-corrected chi connectivity index (χ3v) is 3.42. The molecule has 1 saturated heterocycles. The van der Waals surface area contributed by atoms with E-state index in [1.807, 2.05) is 12.4 Å². The number of morpholine rings is 1. The van der Waals surface area contributed by atoms with Crippen molar-refractivity contribution in [3.63, 3.8) is 0 Å². The van der Waals surface area contributed by atoms with Gasteiger partial charge in [0.25, 0.3) is 0 Å². The second kappa shape index (κ2) is 6.30. The Morgan fingerprint density at radius 3 is 2.42 bits per heavy atom. The molecule has 2 heterocycles. The summed E-state index contributed by atoms with van der Waals surface area (Å²) in [6, 6.07) is 0.192. The number of nitrogens with two attached hydrogens (primary N) is 1. The highest BCUT2D eigenvalue weighted by molar-refractivity contribution is 5.31. The summed E-state index contributed by atoms with van der Waals surface area (Å²) in [5, 5.41) is 0. The Balaban J connectivity index is 2.01. The van der Waals surface area contributed by atoms with Crippen LogP contribution < -0.4 is 10.6 Å². The number of rotatable bonds is 4. The molecule has 2 N–H and O–H groups in total. The normalized spacial score (nSPS) is 25.4. The highest BCUT2D eigenvalue weighted by Gasteiger charge is 2.23. The van der Waals surface area contributed by atoms with Gasteiger partial charge in [-0.05, 0) is 32.3 Å². The van der Waals surface area contributed by atoms with Crippen molar-refractivity contribution in [3.8, 4) is 0 Å². The van der Waals surface area contributed by atoms with Crippen LogP contribution in [0.2, 0.25) is 0 Å². The van der Waals surface area contributed by atoms with Crippen molar-refractivity contribution in [2.24, 2.45) is 5.73 Å². The predicted octanol–water partition coefficient (Wildman–Crippen LogP) is 1.37. The summed E-state index contributed by atoms with van der Waals surface area (Å²) >= 11 is 0. The first-order valence-electron chi connectivity index (χ1n) is 7.05. The Hall–Kier alpha value is -1.20. The van der Waals surface area contributed by atoms with Crippen LogP contribution in [0.25, 0.3) is 0 Å². The molecule has 0 saturated carbocycles. The number of aromatic nitrogens is 2. The van der Waals surface area contributed by atoms with Gasteiger partial charge >= 0.3 is 0 Å². The Bertz CT molecular complexity index is 385. The molecule has 0 aliphatic carbocycles. The van der Waals surface area contributed by atoms with Crippen molar-refractivity contribution >= 4 is 5.95 Å². The fraction of sp³-hybridized carbons (Fsp3) is 0.714. The summed E-state index contributed by atoms with van der Waals surface area (Å²) in [7, 11) is 0. The molecule has 0 aromatic carbocycles. The van der Waals surface area contributed by atoms with E-state index in [4.69, 9.17) is 10.5 Å². The van der Waals surface area contributed by atoms with E-state index >= 15 is 0 Å². The lowest BCUT2D eigenvalue weighted by atomic mass is 10.1. The topological polar surface area (TPSA) is 64.3 Å². The van der Waals surface area contributed by atoms with Crippen molar-refractivity contribution in [3.05, 3.63) is 18.0 Å². The zero-order valence-corrected chi connectivity index (χ0v) is 12.0. The van der Waals surface area contributed by atoms with Crippen LogP contribution in [-0.4, -0.2) is 41.3 Å². The van der Waals surface area contributed by atoms with Crippen LogP contribution in [0.3, 0.4) is 0 Å². The first kappa shape index (κ1) is 14.2. The molecule has 5 heteroatoms. The summed E-state index contributed by atoms with van der Waals surface area (Å²) in [6.07, 6.45) is 6.04. The molecule has 0 amide bonds. The van der Waals surface area contributed by atoms with Gasteiger partial charge in [-0.1, -0.05) is 6.92 Å². The average molecular weight is 264 g/mol. The first-order chi connectivity index (χ1) is 9.08. The van der Waals surface area contributed by atoms with Crippen LogP contribution in [0, 0.1) is 0 Å². The SMILES string of the molecule is CCC(N)Cc1cnc(N2CC(C)OC(C)C2)nc1. The summed E-state index contributed by atoms with van der Waals surface area (Å²) in [5.74, 6) is 0.788. The standard InChI is InChI=1S/C14H24N4O/c1-4-13(15)5-12-6-16-14(17-7-12)18-8-10(2)19-11(3)9-18/h6-7,10-11,13H,4-5,8-9,15H2,1-3H3. The van der Waals surface area contributed by atoms with Crippen LogP contribution in [0.1, 0.15) is 32.8 Å². The number of hydrogen-bond acceptors (Lipinski definition) is 5. The van der Waals surface area contributed by atoms with Crippen LogP contribution in [-0.2, 0) is 11.2 Å². The van der Waals surface area contributed by atoms with Gasteiger partial charge in [0.1, 0.15) is 0 Å². The Labute approximate surface area is 115 Å². The van der Waals surface area contributed by atoms with Gasteiger partial charge in [0, 0.05) is 31.5 Å². The lowest BCUT2D eigenvalue weighted by Gasteiger charge is -2.35. The Kier molecular flexibility index (Phi) is 4.71. The molecule has 3 unspecified atom stereocenters. The third kappa shape index (κ3) is 3.88. The minimum atomic E-state index is 0.192. The predicted molar refractivity (Wildman–Crippen MR) is 76.2 cm³/mol. The lowest BCUT2D eigenvalue weighted by Crippen LogP contribution is -2.46. The Morgan fingerprint density at radius 1 is 1.32 bits per heavy atom. The molecule has 2 rings (SSSR count). The minimum absolute atomic E-state index is 0.192. The maximum atomic E-state index is 5.94. The molecule has 0 spiro atoms. The molecule has 19 heavy (non-hydrogen) atoms. The van der Waals surface area contributed by atoms with E-state index in [2.05, 4.69) is 35.6 Å². The summed E-state index contributed by atoms with van der Waals surface area (Å²) < 4.78 is 5.72. The van der Waals surface area contributed by atoms with Crippen LogP contribution in [0.15, 0.2) is 12.4 Å². The fourth-order valence-corrected chi connectivity index (χ4v) is 2.40. The summed E-state index contributed by atoms with van der Waals surface area (Å²) in [6.45, 7) is 7.95. The highest BCUT2D eigenvalue weighted by atomic mass is 16.5. The largest absolute Gasteiger partial charge is 0.372 e. The lowest BCUT2D eigenvalue weighted by molar-refractivity contribution is -0.00572. The zero-order chi connectivity index (χ0) is 13.8. The molecule has 106 valence electrons. The molecule has 1 aliphatic rings. The van der Waals surface area contributed by atoms with Crippen LogP contribution >= 0.6 is 0 Å². The van der Waals surface area contributed by atoms with Gasteiger partial charge in [-0.2, -0.15) is 0 Å². The highest BCUT2D eigenvalue weighted by Crippen LogP contribution is 2.16. The van der Waals surface area contributed by atoms with E-state index < -0.39 is 0 Å². The van der Waals surface area contributed by atoms with E-state index in [1.54, 1.807) is 0 Å². The van der Waals surface area contributed by atoms with Crippen molar-refractivity contribution in [1.29, 1.82) is 0 Å². The van der Waals surface area contributed by atoms with Gasteiger partial charge < -0.3 is 15.4 Å². The number of hydrogen-bond donors (Lipinski definition) is 1. The second-order valence-electron chi connectivity index (χ2n) is 5.43. The molecule has 5 nitrogen and oxygen atoms in total. The van der Waals surface area contributed by atoms with E-state index in [1.165, 1.54) is 0 Å². The minimum Gasteiger partial charge on any atom is -0.372 e. The van der Waals surface area contributed by atoms with Crippen molar-refractivity contribution in [2.75, 3.05) is 18.0 Å². The average Bonchev–Trinajstić information content (AvgIpc) is 2.38. The molecule has 1 aromatic heterocycles. The first-order valence-corrected chi connectivity index (χ1v) is 7.05. The molecule has 1 aromatic rings. The van der Waals surface area contributed by atoms with Gasteiger partial charge in [0.05, 0.1) is 12.2 Å². The van der Waals surface area contributed by atoms with Crippen molar-refractivity contribution < 1.29 is 4.74 Å².